The topological polar surface area (TPSA) is 79.0 Å². The first-order chi connectivity index (χ1) is 14.8. The van der Waals surface area contributed by atoms with Crippen molar-refractivity contribution in [3.63, 3.8) is 0 Å². The molecule has 1 aliphatic rings. The maximum atomic E-state index is 13.0. The highest BCUT2D eigenvalue weighted by Gasteiger charge is 2.40. The highest BCUT2D eigenvalue weighted by Crippen LogP contribution is 2.21. The minimum absolute atomic E-state index is 0.149. The van der Waals surface area contributed by atoms with Crippen molar-refractivity contribution in [2.75, 3.05) is 18.5 Å². The minimum Gasteiger partial charge on any atom is -0.445 e. The van der Waals surface area contributed by atoms with Crippen LogP contribution in [0.5, 0.6) is 0 Å². The summed E-state index contributed by atoms with van der Waals surface area (Å²) in [5.74, 6) is -0.600. The zero-order valence-corrected chi connectivity index (χ0v) is 18.2. The third-order valence-corrected chi connectivity index (χ3v) is 5.41. The fourth-order valence-corrected chi connectivity index (χ4v) is 3.69. The van der Waals surface area contributed by atoms with Gasteiger partial charge in [-0.3, -0.25) is 14.5 Å². The second kappa shape index (κ2) is 9.64. The van der Waals surface area contributed by atoms with Crippen LogP contribution in [-0.2, 0) is 20.9 Å². The highest BCUT2D eigenvalue weighted by atomic mass is 16.6. The van der Waals surface area contributed by atoms with Crippen molar-refractivity contribution in [2.45, 2.75) is 44.9 Å². The van der Waals surface area contributed by atoms with Crippen LogP contribution in [-0.4, -0.2) is 48.0 Å². The fourth-order valence-electron chi connectivity index (χ4n) is 3.69. The van der Waals surface area contributed by atoms with Crippen molar-refractivity contribution < 1.29 is 19.1 Å². The number of carbonyl (C=O) groups is 3. The van der Waals surface area contributed by atoms with E-state index >= 15 is 0 Å². The van der Waals surface area contributed by atoms with E-state index in [2.05, 4.69) is 5.32 Å². The Morgan fingerprint density at radius 1 is 1.06 bits per heavy atom. The second-order valence-electron chi connectivity index (χ2n) is 8.21. The molecule has 0 saturated carbocycles. The lowest BCUT2D eigenvalue weighted by molar-refractivity contribution is -0.132. The summed E-state index contributed by atoms with van der Waals surface area (Å²) in [6, 6.07) is 18.0. The number of anilines is 1. The molecule has 1 aliphatic heterocycles. The van der Waals surface area contributed by atoms with E-state index in [1.165, 1.54) is 9.80 Å². The smallest absolute Gasteiger partial charge is 0.410 e. The van der Waals surface area contributed by atoms with Crippen LogP contribution in [0.25, 0.3) is 0 Å². The first kappa shape index (κ1) is 22.3. The standard InChI is InChI=1S/C24H29N3O4/c1-24(2,22(29)26(3)19-13-8-5-9-14-19)25-21(28)20-15-10-16-27(20)23(30)31-17-18-11-6-4-7-12-18/h4-9,11-14,20H,10,15-17H2,1-3H3,(H,25,28)/t20-/m0/s1. The van der Waals surface area contributed by atoms with Crippen LogP contribution in [0, 0.1) is 0 Å². The molecule has 0 aromatic heterocycles. The molecule has 3 amide bonds. The SMILES string of the molecule is CN(C(=O)C(C)(C)NC(=O)[C@@H]1CCCN1C(=O)OCc1ccccc1)c1ccccc1. The van der Waals surface area contributed by atoms with Crippen molar-refractivity contribution in [1.29, 1.82) is 0 Å². The summed E-state index contributed by atoms with van der Waals surface area (Å²) in [6.45, 7) is 3.93. The summed E-state index contributed by atoms with van der Waals surface area (Å²) in [7, 11) is 1.67. The number of rotatable bonds is 6. The lowest BCUT2D eigenvalue weighted by Crippen LogP contribution is -2.59. The van der Waals surface area contributed by atoms with E-state index in [0.717, 1.165) is 11.3 Å². The van der Waals surface area contributed by atoms with Crippen LogP contribution in [0.4, 0.5) is 10.5 Å². The van der Waals surface area contributed by atoms with Crippen LogP contribution in [0.1, 0.15) is 32.3 Å². The molecular weight excluding hydrogens is 394 g/mol. The molecule has 0 spiro atoms. The fraction of sp³-hybridized carbons (Fsp3) is 0.375. The third kappa shape index (κ3) is 5.42. The number of benzene rings is 2. The first-order valence-electron chi connectivity index (χ1n) is 10.4. The third-order valence-electron chi connectivity index (χ3n) is 5.41. The van der Waals surface area contributed by atoms with E-state index in [-0.39, 0.29) is 18.4 Å². The molecule has 0 radical (unpaired) electrons. The van der Waals surface area contributed by atoms with Gasteiger partial charge in [-0.1, -0.05) is 48.5 Å². The van der Waals surface area contributed by atoms with Gasteiger partial charge in [0.15, 0.2) is 0 Å². The van der Waals surface area contributed by atoms with Gasteiger partial charge in [0, 0.05) is 19.3 Å². The molecule has 0 bridgehead atoms. The monoisotopic (exact) mass is 423 g/mol. The predicted molar refractivity (Wildman–Crippen MR) is 118 cm³/mol. The summed E-state index contributed by atoms with van der Waals surface area (Å²) in [5, 5.41) is 2.83. The Bertz CT molecular complexity index is 915. The Morgan fingerprint density at radius 3 is 2.32 bits per heavy atom. The number of likely N-dealkylation sites (tertiary alicyclic amines) is 1. The molecule has 7 nitrogen and oxygen atoms in total. The molecule has 0 aliphatic carbocycles. The van der Waals surface area contributed by atoms with Gasteiger partial charge in [0.05, 0.1) is 0 Å². The molecule has 3 rings (SSSR count). The average molecular weight is 424 g/mol. The van der Waals surface area contributed by atoms with Gasteiger partial charge >= 0.3 is 6.09 Å². The van der Waals surface area contributed by atoms with E-state index in [9.17, 15) is 14.4 Å². The number of amides is 3. The van der Waals surface area contributed by atoms with E-state index < -0.39 is 17.7 Å². The molecule has 2 aromatic carbocycles. The summed E-state index contributed by atoms with van der Waals surface area (Å²) in [6.07, 6.45) is 0.717. The average Bonchev–Trinajstić information content (AvgIpc) is 3.28. The summed E-state index contributed by atoms with van der Waals surface area (Å²) in [5.41, 5.74) is 0.484. The Kier molecular flexibility index (Phi) is 6.95. The van der Waals surface area contributed by atoms with Gasteiger partial charge in [-0.2, -0.15) is 0 Å². The van der Waals surface area contributed by atoms with Gasteiger partial charge in [0.2, 0.25) is 5.91 Å². The van der Waals surface area contributed by atoms with E-state index in [0.29, 0.717) is 19.4 Å². The molecule has 1 fully saturated rings. The van der Waals surface area contributed by atoms with E-state index in [1.54, 1.807) is 20.9 Å². The summed E-state index contributed by atoms with van der Waals surface area (Å²) >= 11 is 0. The zero-order valence-electron chi connectivity index (χ0n) is 18.2. The van der Waals surface area contributed by atoms with Crippen molar-refractivity contribution in [3.05, 3.63) is 66.2 Å². The van der Waals surface area contributed by atoms with Crippen molar-refractivity contribution in [1.82, 2.24) is 10.2 Å². The van der Waals surface area contributed by atoms with Crippen molar-refractivity contribution >= 4 is 23.6 Å². The number of nitrogens with zero attached hydrogens (tertiary/aromatic N) is 2. The first-order valence-corrected chi connectivity index (χ1v) is 10.4. The van der Waals surface area contributed by atoms with Gasteiger partial charge in [0.25, 0.3) is 5.91 Å². The molecule has 7 heteroatoms. The van der Waals surface area contributed by atoms with Crippen LogP contribution < -0.4 is 10.2 Å². The summed E-state index contributed by atoms with van der Waals surface area (Å²) in [4.78, 5) is 41.5. The van der Waals surface area contributed by atoms with Crippen LogP contribution in [0.15, 0.2) is 60.7 Å². The van der Waals surface area contributed by atoms with Crippen molar-refractivity contribution in [3.8, 4) is 0 Å². The minimum atomic E-state index is -1.14. The number of ether oxygens (including phenoxy) is 1. The largest absolute Gasteiger partial charge is 0.445 e. The second-order valence-corrected chi connectivity index (χ2v) is 8.21. The Hall–Kier alpha value is -3.35. The normalized spacial score (nSPS) is 16.0. The molecule has 2 aromatic rings. The molecule has 1 saturated heterocycles. The number of carbonyl (C=O) groups excluding carboxylic acids is 3. The molecular formula is C24H29N3O4. The molecule has 164 valence electrons. The number of hydrogen-bond donors (Lipinski definition) is 1. The van der Waals surface area contributed by atoms with Crippen LogP contribution in [0.2, 0.25) is 0 Å². The number of likely N-dealkylation sites (N-methyl/N-ethyl adjacent to an activating group) is 1. The van der Waals surface area contributed by atoms with Gasteiger partial charge in [-0.15, -0.1) is 0 Å². The van der Waals surface area contributed by atoms with Crippen molar-refractivity contribution in [2.24, 2.45) is 0 Å². The molecule has 1 heterocycles. The lowest BCUT2D eigenvalue weighted by atomic mass is 10.0. The van der Waals surface area contributed by atoms with E-state index in [4.69, 9.17) is 4.74 Å². The van der Waals surface area contributed by atoms with Gasteiger partial charge < -0.3 is 15.0 Å². The lowest BCUT2D eigenvalue weighted by Gasteiger charge is -2.32. The maximum absolute atomic E-state index is 13.0. The predicted octanol–water partition coefficient (Wildman–Crippen LogP) is 3.35. The Morgan fingerprint density at radius 2 is 1.68 bits per heavy atom. The van der Waals surface area contributed by atoms with Gasteiger partial charge in [-0.05, 0) is 44.4 Å². The number of hydrogen-bond acceptors (Lipinski definition) is 4. The van der Waals surface area contributed by atoms with E-state index in [1.807, 2.05) is 60.7 Å². The van der Waals surface area contributed by atoms with Crippen LogP contribution >= 0.6 is 0 Å². The zero-order chi connectivity index (χ0) is 22.4. The Balaban J connectivity index is 1.61. The number of nitrogens with one attached hydrogen (secondary N) is 1. The number of para-hydroxylation sites is 1. The molecule has 0 unspecified atom stereocenters. The molecule has 1 N–H and O–H groups in total. The van der Waals surface area contributed by atoms with Gasteiger partial charge in [0.1, 0.15) is 18.2 Å². The summed E-state index contributed by atoms with van der Waals surface area (Å²) < 4.78 is 5.40. The van der Waals surface area contributed by atoms with Gasteiger partial charge in [-0.25, -0.2) is 4.79 Å². The van der Waals surface area contributed by atoms with Crippen LogP contribution in [0.3, 0.4) is 0 Å². The molecule has 31 heavy (non-hydrogen) atoms. The molecule has 1 atom stereocenters. The Labute approximate surface area is 183 Å². The highest BCUT2D eigenvalue weighted by molar-refractivity contribution is 6.02. The quantitative estimate of drug-likeness (QED) is 0.773. The maximum Gasteiger partial charge on any atom is 0.410 e.